The van der Waals surface area contributed by atoms with E-state index in [2.05, 4.69) is 0 Å². The number of ether oxygens (including phenoxy) is 1. The summed E-state index contributed by atoms with van der Waals surface area (Å²) in [6, 6.07) is 3.60. The molecule has 17 heavy (non-hydrogen) atoms. The molecule has 0 atom stereocenters. The van der Waals surface area contributed by atoms with E-state index in [1.54, 1.807) is 0 Å². The largest absolute Gasteiger partial charge is 0.396 e. The van der Waals surface area contributed by atoms with Crippen LogP contribution in [-0.4, -0.2) is 24.9 Å². The first kappa shape index (κ1) is 12.5. The lowest BCUT2D eigenvalue weighted by Crippen LogP contribution is -2.35. The highest BCUT2D eigenvalue weighted by atomic mass is 19.1. The molecule has 0 saturated carbocycles. The van der Waals surface area contributed by atoms with Crippen molar-refractivity contribution >= 4 is 0 Å². The van der Waals surface area contributed by atoms with Crippen LogP contribution in [0.15, 0.2) is 18.2 Å². The minimum atomic E-state index is -0.573. The predicted octanol–water partition coefficient (Wildman–Crippen LogP) is 2.30. The van der Waals surface area contributed by atoms with E-state index >= 15 is 0 Å². The summed E-state index contributed by atoms with van der Waals surface area (Å²) < 4.78 is 31.6. The molecule has 0 unspecified atom stereocenters. The van der Waals surface area contributed by atoms with Crippen LogP contribution in [0.25, 0.3) is 0 Å². The first-order valence-electron chi connectivity index (χ1n) is 5.78. The summed E-state index contributed by atoms with van der Waals surface area (Å²) in [4.78, 5) is 0. The van der Waals surface area contributed by atoms with Crippen molar-refractivity contribution in [2.45, 2.75) is 19.3 Å². The molecule has 0 aliphatic carbocycles. The van der Waals surface area contributed by atoms with Gasteiger partial charge in [0.15, 0.2) is 0 Å². The van der Waals surface area contributed by atoms with E-state index in [0.29, 0.717) is 38.0 Å². The third-order valence-corrected chi connectivity index (χ3v) is 3.47. The summed E-state index contributed by atoms with van der Waals surface area (Å²) in [5.74, 6) is -1.11. The number of hydrogen-bond donors (Lipinski definition) is 1. The van der Waals surface area contributed by atoms with Crippen LogP contribution in [0.5, 0.6) is 0 Å². The zero-order valence-electron chi connectivity index (χ0n) is 9.59. The molecule has 0 radical (unpaired) electrons. The number of aliphatic hydroxyl groups is 1. The van der Waals surface area contributed by atoms with Crippen molar-refractivity contribution in [3.63, 3.8) is 0 Å². The topological polar surface area (TPSA) is 29.5 Å². The van der Waals surface area contributed by atoms with Crippen molar-refractivity contribution < 1.29 is 18.6 Å². The monoisotopic (exact) mass is 242 g/mol. The average Bonchev–Trinajstić information content (AvgIpc) is 2.34. The second-order valence-electron chi connectivity index (χ2n) is 4.68. The summed E-state index contributed by atoms with van der Waals surface area (Å²) >= 11 is 0. The third-order valence-electron chi connectivity index (χ3n) is 3.47. The number of aliphatic hydroxyl groups excluding tert-OH is 1. The standard InChI is InChI=1S/C13H16F2O2/c14-11-2-1-10(12(15)7-11)8-13(9-16)3-5-17-6-4-13/h1-2,7,16H,3-6,8-9H2. The van der Waals surface area contributed by atoms with Gasteiger partial charge in [-0.05, 0) is 30.9 Å². The van der Waals surface area contributed by atoms with Gasteiger partial charge < -0.3 is 9.84 Å². The van der Waals surface area contributed by atoms with Gasteiger partial charge in [0.1, 0.15) is 11.6 Å². The molecule has 1 fully saturated rings. The first-order valence-corrected chi connectivity index (χ1v) is 5.78. The van der Waals surface area contributed by atoms with Crippen LogP contribution in [-0.2, 0) is 11.2 Å². The van der Waals surface area contributed by atoms with Gasteiger partial charge in [-0.25, -0.2) is 8.78 Å². The second-order valence-corrected chi connectivity index (χ2v) is 4.68. The fourth-order valence-corrected chi connectivity index (χ4v) is 2.26. The Kier molecular flexibility index (Phi) is 3.74. The highest BCUT2D eigenvalue weighted by molar-refractivity contribution is 5.20. The zero-order chi connectivity index (χ0) is 12.3. The summed E-state index contributed by atoms with van der Waals surface area (Å²) in [7, 11) is 0. The Morgan fingerprint density at radius 2 is 1.94 bits per heavy atom. The van der Waals surface area contributed by atoms with Crippen LogP contribution in [0.4, 0.5) is 8.78 Å². The summed E-state index contributed by atoms with van der Waals surface area (Å²) in [6.07, 6.45) is 1.85. The lowest BCUT2D eigenvalue weighted by Gasteiger charge is -2.35. The fraction of sp³-hybridized carbons (Fsp3) is 0.538. The van der Waals surface area contributed by atoms with Gasteiger partial charge in [0.05, 0.1) is 0 Å². The van der Waals surface area contributed by atoms with Crippen LogP contribution < -0.4 is 0 Å². The fourth-order valence-electron chi connectivity index (χ4n) is 2.26. The molecule has 1 saturated heterocycles. The molecule has 2 rings (SSSR count). The zero-order valence-corrected chi connectivity index (χ0v) is 9.59. The number of rotatable bonds is 3. The molecule has 1 aromatic carbocycles. The molecule has 4 heteroatoms. The van der Waals surface area contributed by atoms with Crippen molar-refractivity contribution in [2.75, 3.05) is 19.8 Å². The van der Waals surface area contributed by atoms with Crippen LogP contribution in [0.2, 0.25) is 0 Å². The maximum atomic E-state index is 13.6. The van der Waals surface area contributed by atoms with Crippen molar-refractivity contribution in [1.82, 2.24) is 0 Å². The molecule has 0 spiro atoms. The third kappa shape index (κ3) is 2.82. The molecule has 0 bridgehead atoms. The average molecular weight is 242 g/mol. The number of halogens is 2. The molecule has 1 N–H and O–H groups in total. The van der Waals surface area contributed by atoms with E-state index in [-0.39, 0.29) is 12.0 Å². The Balaban J connectivity index is 2.17. The number of hydrogen-bond acceptors (Lipinski definition) is 2. The van der Waals surface area contributed by atoms with Crippen molar-refractivity contribution in [1.29, 1.82) is 0 Å². The summed E-state index contributed by atoms with van der Waals surface area (Å²) in [5.41, 5.74) is 0.138. The lowest BCUT2D eigenvalue weighted by atomic mass is 9.76. The maximum Gasteiger partial charge on any atom is 0.129 e. The quantitative estimate of drug-likeness (QED) is 0.881. The van der Waals surface area contributed by atoms with Crippen LogP contribution in [0.3, 0.4) is 0 Å². The van der Waals surface area contributed by atoms with E-state index in [0.717, 1.165) is 6.07 Å². The predicted molar refractivity (Wildman–Crippen MR) is 59.6 cm³/mol. The maximum absolute atomic E-state index is 13.6. The Bertz CT molecular complexity index is 387. The van der Waals surface area contributed by atoms with Gasteiger partial charge in [0, 0.05) is 31.3 Å². The van der Waals surface area contributed by atoms with Crippen molar-refractivity contribution in [3.8, 4) is 0 Å². The molecule has 94 valence electrons. The van der Waals surface area contributed by atoms with Crippen molar-refractivity contribution in [3.05, 3.63) is 35.4 Å². The minimum Gasteiger partial charge on any atom is -0.396 e. The normalized spacial score (nSPS) is 19.2. The molecule has 2 nitrogen and oxygen atoms in total. The summed E-state index contributed by atoms with van der Waals surface area (Å²) in [5, 5.41) is 9.50. The van der Waals surface area contributed by atoms with Crippen LogP contribution in [0, 0.1) is 17.0 Å². The Labute approximate surface area is 99.2 Å². The lowest BCUT2D eigenvalue weighted by molar-refractivity contribution is -0.0161. The van der Waals surface area contributed by atoms with Gasteiger partial charge in [0.2, 0.25) is 0 Å². The first-order chi connectivity index (χ1) is 8.15. The molecular formula is C13H16F2O2. The van der Waals surface area contributed by atoms with Gasteiger partial charge in [-0.15, -0.1) is 0 Å². The second kappa shape index (κ2) is 5.10. The molecular weight excluding hydrogens is 226 g/mol. The van der Waals surface area contributed by atoms with Gasteiger partial charge in [-0.1, -0.05) is 6.07 Å². The van der Waals surface area contributed by atoms with E-state index < -0.39 is 11.6 Å². The molecule has 1 aliphatic heterocycles. The van der Waals surface area contributed by atoms with Gasteiger partial charge >= 0.3 is 0 Å². The van der Waals surface area contributed by atoms with Gasteiger partial charge in [0.25, 0.3) is 0 Å². The molecule has 0 aromatic heterocycles. The Hall–Kier alpha value is -1.00. The highest BCUT2D eigenvalue weighted by Gasteiger charge is 2.32. The Morgan fingerprint density at radius 1 is 1.24 bits per heavy atom. The van der Waals surface area contributed by atoms with E-state index in [1.165, 1.54) is 12.1 Å². The Morgan fingerprint density at radius 3 is 2.53 bits per heavy atom. The minimum absolute atomic E-state index is 0.00712. The highest BCUT2D eigenvalue weighted by Crippen LogP contribution is 2.34. The van der Waals surface area contributed by atoms with E-state index in [4.69, 9.17) is 4.74 Å². The smallest absolute Gasteiger partial charge is 0.129 e. The SMILES string of the molecule is OCC1(Cc2ccc(F)cc2F)CCOCC1. The van der Waals surface area contributed by atoms with Crippen LogP contribution >= 0.6 is 0 Å². The molecule has 0 amide bonds. The van der Waals surface area contributed by atoms with Crippen LogP contribution in [0.1, 0.15) is 18.4 Å². The van der Waals surface area contributed by atoms with E-state index in [9.17, 15) is 13.9 Å². The molecule has 1 aromatic rings. The van der Waals surface area contributed by atoms with Gasteiger partial charge in [-0.3, -0.25) is 0 Å². The van der Waals surface area contributed by atoms with Gasteiger partial charge in [-0.2, -0.15) is 0 Å². The van der Waals surface area contributed by atoms with E-state index in [1.807, 2.05) is 0 Å². The molecule has 1 aliphatic rings. The summed E-state index contributed by atoms with van der Waals surface area (Å²) in [6.45, 7) is 1.18. The van der Waals surface area contributed by atoms with Crippen molar-refractivity contribution in [2.24, 2.45) is 5.41 Å². The molecule has 1 heterocycles. The number of benzene rings is 1.